The van der Waals surface area contributed by atoms with Crippen molar-refractivity contribution in [3.8, 4) is 12.3 Å². The van der Waals surface area contributed by atoms with E-state index in [1.165, 1.54) is 0 Å². The molecule has 76 valence electrons. The Balaban J connectivity index is 2.15. The molecule has 0 bridgehead atoms. The quantitative estimate of drug-likeness (QED) is 0.663. The maximum Gasteiger partial charge on any atom is 0.230 e. The zero-order chi connectivity index (χ0) is 10.7. The van der Waals surface area contributed by atoms with Crippen molar-refractivity contribution >= 4 is 5.91 Å². The molecule has 1 heterocycles. The summed E-state index contributed by atoms with van der Waals surface area (Å²) in [4.78, 5) is 13.7. The number of likely N-dealkylation sites (tertiary alicyclic amines) is 1. The molecule has 1 aromatic rings. The summed E-state index contributed by atoms with van der Waals surface area (Å²) in [5, 5.41) is 0. The van der Waals surface area contributed by atoms with Crippen molar-refractivity contribution in [3.05, 3.63) is 35.9 Å². The number of hydrogen-bond acceptors (Lipinski definition) is 1. The molecule has 0 radical (unpaired) electrons. The van der Waals surface area contributed by atoms with Crippen LogP contribution in [0.4, 0.5) is 0 Å². The highest BCUT2D eigenvalue weighted by molar-refractivity contribution is 5.85. The topological polar surface area (TPSA) is 20.3 Å². The Morgan fingerprint density at radius 2 is 2.13 bits per heavy atom. The van der Waals surface area contributed by atoms with Crippen LogP contribution in [0.15, 0.2) is 30.3 Å². The number of terminal acetylenes is 1. The van der Waals surface area contributed by atoms with E-state index in [9.17, 15) is 4.79 Å². The van der Waals surface area contributed by atoms with Crippen molar-refractivity contribution < 1.29 is 4.79 Å². The highest BCUT2D eigenvalue weighted by atomic mass is 16.2. The van der Waals surface area contributed by atoms with E-state index in [-0.39, 0.29) is 11.8 Å². The molecule has 1 aliphatic heterocycles. The predicted octanol–water partition coefficient (Wildman–Crippen LogP) is 1.64. The first-order chi connectivity index (χ1) is 7.33. The molecule has 2 rings (SSSR count). The van der Waals surface area contributed by atoms with E-state index in [0.717, 1.165) is 18.5 Å². The van der Waals surface area contributed by atoms with Crippen LogP contribution < -0.4 is 0 Å². The fourth-order valence-electron chi connectivity index (χ4n) is 2.00. The number of carbonyl (C=O) groups is 1. The molecule has 0 aromatic heterocycles. The van der Waals surface area contributed by atoms with E-state index < -0.39 is 0 Å². The molecule has 1 saturated heterocycles. The zero-order valence-electron chi connectivity index (χ0n) is 8.52. The second kappa shape index (κ2) is 4.18. The monoisotopic (exact) mass is 199 g/mol. The van der Waals surface area contributed by atoms with Crippen LogP contribution in [0.2, 0.25) is 0 Å². The van der Waals surface area contributed by atoms with Gasteiger partial charge in [-0.05, 0) is 12.0 Å². The van der Waals surface area contributed by atoms with Gasteiger partial charge in [-0.25, -0.2) is 0 Å². The molecule has 2 heteroatoms. The van der Waals surface area contributed by atoms with E-state index in [4.69, 9.17) is 6.42 Å². The third kappa shape index (κ3) is 1.87. The van der Waals surface area contributed by atoms with E-state index in [1.807, 2.05) is 30.3 Å². The smallest absolute Gasteiger partial charge is 0.230 e. The van der Waals surface area contributed by atoms with Crippen LogP contribution in [-0.2, 0) is 4.79 Å². The predicted molar refractivity (Wildman–Crippen MR) is 59.2 cm³/mol. The summed E-state index contributed by atoms with van der Waals surface area (Å²) in [6.07, 6.45) is 6.09. The minimum Gasteiger partial charge on any atom is -0.331 e. The van der Waals surface area contributed by atoms with Crippen LogP contribution in [-0.4, -0.2) is 23.9 Å². The fraction of sp³-hybridized carbons (Fsp3) is 0.308. The highest BCUT2D eigenvalue weighted by Gasteiger charge is 2.31. The lowest BCUT2D eigenvalue weighted by molar-refractivity contribution is -0.128. The molecule has 0 unspecified atom stereocenters. The first-order valence-corrected chi connectivity index (χ1v) is 5.10. The van der Waals surface area contributed by atoms with Gasteiger partial charge in [0.05, 0.1) is 12.5 Å². The summed E-state index contributed by atoms with van der Waals surface area (Å²) >= 11 is 0. The van der Waals surface area contributed by atoms with Gasteiger partial charge in [0.2, 0.25) is 5.91 Å². The van der Waals surface area contributed by atoms with Gasteiger partial charge in [-0.1, -0.05) is 36.3 Å². The van der Waals surface area contributed by atoms with Crippen molar-refractivity contribution in [1.29, 1.82) is 0 Å². The Labute approximate surface area is 89.9 Å². The molecule has 2 nitrogen and oxygen atoms in total. The molecule has 1 fully saturated rings. The van der Waals surface area contributed by atoms with Gasteiger partial charge in [0.15, 0.2) is 0 Å². The summed E-state index contributed by atoms with van der Waals surface area (Å²) in [5.74, 6) is 2.70. The lowest BCUT2D eigenvalue weighted by atomic mass is 9.98. The molecule has 0 saturated carbocycles. The van der Waals surface area contributed by atoms with E-state index in [2.05, 4.69) is 5.92 Å². The van der Waals surface area contributed by atoms with Crippen LogP contribution in [0.1, 0.15) is 17.9 Å². The Morgan fingerprint density at radius 3 is 2.80 bits per heavy atom. The number of nitrogens with zero attached hydrogens (tertiary/aromatic N) is 1. The maximum atomic E-state index is 11.9. The number of carbonyl (C=O) groups excluding carboxylic acids is 1. The molecule has 0 N–H and O–H groups in total. The summed E-state index contributed by atoms with van der Waals surface area (Å²) in [5.41, 5.74) is 1.10. The third-order valence-electron chi connectivity index (χ3n) is 2.78. The van der Waals surface area contributed by atoms with E-state index >= 15 is 0 Å². The highest BCUT2D eigenvalue weighted by Crippen LogP contribution is 2.27. The molecule has 1 atom stereocenters. The first-order valence-electron chi connectivity index (χ1n) is 5.10. The van der Waals surface area contributed by atoms with Gasteiger partial charge in [-0.2, -0.15) is 0 Å². The Morgan fingerprint density at radius 1 is 1.40 bits per heavy atom. The summed E-state index contributed by atoms with van der Waals surface area (Å²) < 4.78 is 0. The lowest BCUT2D eigenvalue weighted by Crippen LogP contribution is -2.26. The SMILES string of the molecule is C#CCN1CC[C@H](c2ccccc2)C1=O. The molecule has 1 amide bonds. The summed E-state index contributed by atoms with van der Waals surface area (Å²) in [6.45, 7) is 1.21. The minimum absolute atomic E-state index is 0.0135. The molecule has 15 heavy (non-hydrogen) atoms. The van der Waals surface area contributed by atoms with Crippen molar-refractivity contribution in [2.75, 3.05) is 13.1 Å². The standard InChI is InChI=1S/C13H13NO/c1-2-9-14-10-8-12(13(14)15)11-6-4-3-5-7-11/h1,3-7,12H,8-10H2/t12-/m1/s1. The number of hydrogen-bond donors (Lipinski definition) is 0. The van der Waals surface area contributed by atoms with Crippen LogP contribution in [0, 0.1) is 12.3 Å². The van der Waals surface area contributed by atoms with Crippen LogP contribution in [0.3, 0.4) is 0 Å². The van der Waals surface area contributed by atoms with Gasteiger partial charge in [0.25, 0.3) is 0 Å². The lowest BCUT2D eigenvalue weighted by Gasteiger charge is -2.13. The van der Waals surface area contributed by atoms with Crippen molar-refractivity contribution in [3.63, 3.8) is 0 Å². The second-order valence-corrected chi connectivity index (χ2v) is 3.72. The number of benzene rings is 1. The van der Waals surface area contributed by atoms with Gasteiger partial charge in [-0.15, -0.1) is 6.42 Å². The van der Waals surface area contributed by atoms with Gasteiger partial charge in [-0.3, -0.25) is 4.79 Å². The Kier molecular flexibility index (Phi) is 2.73. The molecule has 0 spiro atoms. The van der Waals surface area contributed by atoms with Crippen LogP contribution in [0.25, 0.3) is 0 Å². The molecular formula is C13H13NO. The maximum absolute atomic E-state index is 11.9. The summed E-state index contributed by atoms with van der Waals surface area (Å²) in [6, 6.07) is 9.89. The molecule has 1 aromatic carbocycles. The van der Waals surface area contributed by atoms with Crippen molar-refractivity contribution in [1.82, 2.24) is 4.90 Å². The average molecular weight is 199 g/mol. The number of rotatable bonds is 2. The minimum atomic E-state index is 0.0135. The van der Waals surface area contributed by atoms with Gasteiger partial charge >= 0.3 is 0 Å². The first kappa shape index (κ1) is 9.79. The number of amides is 1. The largest absolute Gasteiger partial charge is 0.331 e. The second-order valence-electron chi connectivity index (χ2n) is 3.72. The van der Waals surface area contributed by atoms with Gasteiger partial charge < -0.3 is 4.90 Å². The molecular weight excluding hydrogens is 186 g/mol. The van der Waals surface area contributed by atoms with Gasteiger partial charge in [0.1, 0.15) is 0 Å². The van der Waals surface area contributed by atoms with Crippen LogP contribution >= 0.6 is 0 Å². The van der Waals surface area contributed by atoms with Crippen molar-refractivity contribution in [2.24, 2.45) is 0 Å². The van der Waals surface area contributed by atoms with Crippen molar-refractivity contribution in [2.45, 2.75) is 12.3 Å². The van der Waals surface area contributed by atoms with E-state index in [0.29, 0.717) is 6.54 Å². The normalized spacial score (nSPS) is 20.3. The zero-order valence-corrected chi connectivity index (χ0v) is 8.52. The Bertz CT molecular complexity index is 391. The van der Waals surface area contributed by atoms with Crippen LogP contribution in [0.5, 0.6) is 0 Å². The Hall–Kier alpha value is -1.75. The molecule has 1 aliphatic rings. The fourth-order valence-corrected chi connectivity index (χ4v) is 2.00. The average Bonchev–Trinajstić information content (AvgIpc) is 2.63. The summed E-state index contributed by atoms with van der Waals surface area (Å²) in [7, 11) is 0. The third-order valence-corrected chi connectivity index (χ3v) is 2.78. The molecule has 0 aliphatic carbocycles. The van der Waals surface area contributed by atoms with E-state index in [1.54, 1.807) is 4.90 Å². The van der Waals surface area contributed by atoms with Gasteiger partial charge in [0, 0.05) is 6.54 Å².